The predicted octanol–water partition coefficient (Wildman–Crippen LogP) is 8.36. The molecule has 191 valence electrons. The molecule has 0 fully saturated rings. The van der Waals surface area contributed by atoms with Crippen LogP contribution in [-0.4, -0.2) is 15.9 Å². The van der Waals surface area contributed by atoms with Crippen LogP contribution in [0.5, 0.6) is 0 Å². The first-order valence-electron chi connectivity index (χ1n) is 12.4. The number of benzene rings is 2. The Labute approximate surface area is 225 Å². The predicted molar refractivity (Wildman–Crippen MR) is 144 cm³/mol. The Morgan fingerprint density at radius 1 is 1.00 bits per heavy atom. The van der Waals surface area contributed by atoms with Crippen LogP contribution in [0, 0.1) is 31.7 Å². The first-order chi connectivity index (χ1) is 16.1. The van der Waals surface area contributed by atoms with E-state index in [4.69, 9.17) is 4.98 Å². The number of ketones is 1. The van der Waals surface area contributed by atoms with Gasteiger partial charge in [0.2, 0.25) is 0 Å². The molecule has 0 unspecified atom stereocenters. The van der Waals surface area contributed by atoms with Gasteiger partial charge < -0.3 is 5.11 Å². The largest absolute Gasteiger partial charge is 0.512 e. The number of carbonyl (C=O) groups is 1. The van der Waals surface area contributed by atoms with Gasteiger partial charge in [-0.25, -0.2) is 0 Å². The normalized spacial score (nSPS) is 11.3. The van der Waals surface area contributed by atoms with Gasteiger partial charge in [-0.2, -0.15) is 0 Å². The van der Waals surface area contributed by atoms with Gasteiger partial charge in [0.15, 0.2) is 5.78 Å². The molecule has 0 aliphatic carbocycles. The number of aromatic nitrogens is 1. The summed E-state index contributed by atoms with van der Waals surface area (Å²) in [6, 6.07) is 18.5. The molecule has 0 saturated carbocycles. The van der Waals surface area contributed by atoms with E-state index in [0.29, 0.717) is 24.7 Å². The number of rotatable bonds is 8. The van der Waals surface area contributed by atoms with Crippen LogP contribution in [0.2, 0.25) is 0 Å². The van der Waals surface area contributed by atoms with Gasteiger partial charge >= 0.3 is 0 Å². The van der Waals surface area contributed by atoms with Crippen molar-refractivity contribution in [1.29, 1.82) is 0 Å². The number of carbonyl (C=O) groups excluding carboxylic acids is 1. The monoisotopic (exact) mass is 651 g/mol. The molecule has 3 aromatic rings. The molecule has 3 nitrogen and oxygen atoms in total. The number of aryl methyl sites for hydroxylation is 3. The summed E-state index contributed by atoms with van der Waals surface area (Å²) in [5.74, 6) is 0.979. The van der Waals surface area contributed by atoms with Gasteiger partial charge in [-0.3, -0.25) is 9.78 Å². The fraction of sp³-hybridized carbons (Fsp3) is 0.419. The summed E-state index contributed by atoms with van der Waals surface area (Å²) in [7, 11) is 0. The number of hydrogen-bond acceptors (Lipinski definition) is 3. The smallest absolute Gasteiger partial charge is 0.159 e. The molecule has 4 heteroatoms. The van der Waals surface area contributed by atoms with Crippen molar-refractivity contribution >= 4 is 16.7 Å². The maximum atomic E-state index is 11.2. The third-order valence-electron chi connectivity index (χ3n) is 5.27. The van der Waals surface area contributed by atoms with Crippen LogP contribution in [0.1, 0.15) is 70.6 Å². The van der Waals surface area contributed by atoms with Crippen LogP contribution in [0.4, 0.5) is 0 Å². The standard InChI is InChI=1S/C20H20N.C11H20O2.Ir/c1-4-5-16-6-7-17-8-9-19(21-20(17)13-16)18-11-14(2)10-15(3)12-18;1-8(2)5-10(12)7-11(13)6-9(3)4;/h6-11,13H,4-5H2,1-3H3;7-9,12H,5-6H2,1-4H3;/q-1;;/b;10-7-;. The summed E-state index contributed by atoms with van der Waals surface area (Å²) in [5.41, 5.74) is 6.93. The van der Waals surface area contributed by atoms with Crippen molar-refractivity contribution in [2.45, 2.75) is 74.1 Å². The molecule has 0 atom stereocenters. The van der Waals surface area contributed by atoms with Gasteiger partial charge in [0.25, 0.3) is 0 Å². The number of pyridine rings is 1. The van der Waals surface area contributed by atoms with E-state index in [-0.39, 0.29) is 31.6 Å². The average Bonchev–Trinajstić information content (AvgIpc) is 2.72. The molecule has 0 amide bonds. The summed E-state index contributed by atoms with van der Waals surface area (Å²) in [6.07, 6.45) is 4.74. The quantitative estimate of drug-likeness (QED) is 0.152. The molecule has 1 aromatic heterocycles. The molecule has 1 N–H and O–H groups in total. The molecule has 0 saturated heterocycles. The van der Waals surface area contributed by atoms with Crippen LogP contribution in [-0.2, 0) is 31.3 Å². The van der Waals surface area contributed by atoms with E-state index in [2.05, 4.69) is 69.3 Å². The summed E-state index contributed by atoms with van der Waals surface area (Å²) in [6.45, 7) is 14.4. The van der Waals surface area contributed by atoms with Crippen molar-refractivity contribution in [2.75, 3.05) is 0 Å². The molecule has 35 heavy (non-hydrogen) atoms. The van der Waals surface area contributed by atoms with E-state index in [1.54, 1.807) is 0 Å². The van der Waals surface area contributed by atoms with Crippen molar-refractivity contribution < 1.29 is 30.0 Å². The van der Waals surface area contributed by atoms with E-state index in [1.807, 2.05) is 27.7 Å². The number of fused-ring (bicyclic) bond motifs is 1. The van der Waals surface area contributed by atoms with Crippen molar-refractivity contribution in [1.82, 2.24) is 4.98 Å². The van der Waals surface area contributed by atoms with Gasteiger partial charge in [0, 0.05) is 39.0 Å². The summed E-state index contributed by atoms with van der Waals surface area (Å²) >= 11 is 0. The summed E-state index contributed by atoms with van der Waals surface area (Å²) in [4.78, 5) is 16.0. The molecule has 2 aromatic carbocycles. The van der Waals surface area contributed by atoms with Crippen molar-refractivity contribution in [3.63, 3.8) is 0 Å². The number of aliphatic hydroxyl groups is 1. The molecular weight excluding hydrogens is 611 g/mol. The Kier molecular flexibility index (Phi) is 13.1. The first-order valence-corrected chi connectivity index (χ1v) is 12.4. The van der Waals surface area contributed by atoms with E-state index >= 15 is 0 Å². The van der Waals surface area contributed by atoms with Crippen LogP contribution < -0.4 is 0 Å². The molecule has 0 bridgehead atoms. The molecule has 3 rings (SSSR count). The van der Waals surface area contributed by atoms with Crippen molar-refractivity contribution in [3.05, 3.63) is 77.1 Å². The topological polar surface area (TPSA) is 50.2 Å². The number of allylic oxidation sites excluding steroid dienone is 2. The molecule has 0 spiro atoms. The zero-order valence-corrected chi connectivity index (χ0v) is 24.6. The van der Waals surface area contributed by atoms with Crippen LogP contribution in [0.15, 0.2) is 54.3 Å². The Balaban J connectivity index is 0.000000383. The zero-order valence-electron chi connectivity index (χ0n) is 22.2. The minimum Gasteiger partial charge on any atom is -0.512 e. The van der Waals surface area contributed by atoms with Gasteiger partial charge in [0.05, 0.1) is 11.3 Å². The first kappa shape index (κ1) is 30.7. The molecule has 1 heterocycles. The third-order valence-corrected chi connectivity index (χ3v) is 5.27. The molecule has 1 radical (unpaired) electrons. The summed E-state index contributed by atoms with van der Waals surface area (Å²) < 4.78 is 0. The van der Waals surface area contributed by atoms with E-state index in [1.165, 1.54) is 22.6 Å². The Morgan fingerprint density at radius 2 is 1.66 bits per heavy atom. The van der Waals surface area contributed by atoms with Crippen LogP contribution in [0.25, 0.3) is 22.2 Å². The summed E-state index contributed by atoms with van der Waals surface area (Å²) in [5, 5.41) is 10.5. The maximum Gasteiger partial charge on any atom is 0.159 e. The third kappa shape index (κ3) is 10.9. The SMILES string of the molecule is CC(C)CC(=O)/C=C(\O)CC(C)C.CCCc1ccc2ccc(-c3[c-]c(C)cc(C)c3)nc2c1.[Ir]. The number of aliphatic hydroxyl groups excluding tert-OH is 1. The van der Waals surface area contributed by atoms with E-state index in [0.717, 1.165) is 35.2 Å². The Hall–Kier alpha value is -2.29. The zero-order chi connectivity index (χ0) is 25.3. The van der Waals surface area contributed by atoms with Crippen molar-refractivity contribution in [3.8, 4) is 11.3 Å². The van der Waals surface area contributed by atoms with Gasteiger partial charge in [-0.1, -0.05) is 79.2 Å². The fourth-order valence-electron chi connectivity index (χ4n) is 3.91. The second kappa shape index (κ2) is 15.0. The van der Waals surface area contributed by atoms with Crippen LogP contribution >= 0.6 is 0 Å². The van der Waals surface area contributed by atoms with E-state index in [9.17, 15) is 9.90 Å². The minimum atomic E-state index is 0. The molecule has 0 aliphatic heterocycles. The van der Waals surface area contributed by atoms with Gasteiger partial charge in [-0.05, 0) is 41.0 Å². The Bertz CT molecular complexity index is 1110. The maximum absolute atomic E-state index is 11.2. The van der Waals surface area contributed by atoms with Crippen molar-refractivity contribution in [2.24, 2.45) is 11.8 Å². The fourth-order valence-corrected chi connectivity index (χ4v) is 3.91. The van der Waals surface area contributed by atoms with Gasteiger partial charge in [0.1, 0.15) is 0 Å². The minimum absolute atomic E-state index is 0. The van der Waals surface area contributed by atoms with Crippen LogP contribution in [0.3, 0.4) is 0 Å². The average molecular weight is 651 g/mol. The molecular formula is C31H40IrNO2-. The van der Waals surface area contributed by atoms with Gasteiger partial charge in [-0.15, -0.1) is 34.9 Å². The molecule has 0 aliphatic rings. The number of nitrogens with zero attached hydrogens (tertiary/aromatic N) is 1. The second-order valence-electron chi connectivity index (χ2n) is 10.0. The Morgan fingerprint density at radius 3 is 2.26 bits per heavy atom. The van der Waals surface area contributed by atoms with E-state index < -0.39 is 0 Å². The number of hydrogen-bond donors (Lipinski definition) is 1. The second-order valence-corrected chi connectivity index (χ2v) is 10.0.